The zero-order chi connectivity index (χ0) is 45.7. The summed E-state index contributed by atoms with van der Waals surface area (Å²) >= 11 is 0. The van der Waals surface area contributed by atoms with Gasteiger partial charge >= 0.3 is 0 Å². The fourth-order valence-electron chi connectivity index (χ4n) is 10.5. The Labute approximate surface area is 402 Å². The van der Waals surface area contributed by atoms with E-state index >= 15 is 0 Å². The average molecular weight is 881 g/mol. The molecule has 1 heterocycles. The molecule has 12 aromatic rings. The average Bonchev–Trinajstić information content (AvgIpc) is 3.42. The van der Waals surface area contributed by atoms with Crippen LogP contribution < -0.4 is 14.5 Å². The van der Waals surface area contributed by atoms with Gasteiger partial charge in [-0.05, 0) is 122 Å². The zero-order valence-electron chi connectivity index (χ0n) is 37.7. The van der Waals surface area contributed by atoms with Gasteiger partial charge in [-0.25, -0.2) is 0 Å². The molecule has 0 N–H and O–H groups in total. The second-order valence-corrected chi connectivity index (χ2v) is 17.6. The van der Waals surface area contributed by atoms with Gasteiger partial charge in [0.1, 0.15) is 11.5 Å². The minimum atomic E-state index is 0.817. The maximum atomic E-state index is 7.27. The van der Waals surface area contributed by atoms with Crippen LogP contribution >= 0.6 is 0 Å². The van der Waals surface area contributed by atoms with Crippen LogP contribution in [0.3, 0.4) is 0 Å². The summed E-state index contributed by atoms with van der Waals surface area (Å²) in [4.78, 5) is 4.79. The number of hydrogen-bond donors (Lipinski definition) is 0. The highest BCUT2D eigenvalue weighted by Crippen LogP contribution is 2.54. The van der Waals surface area contributed by atoms with Gasteiger partial charge in [0.2, 0.25) is 0 Å². The molecule has 0 amide bonds. The predicted molar refractivity (Wildman–Crippen MR) is 290 cm³/mol. The number of nitrogens with zero attached hydrogens (tertiary/aromatic N) is 2. The molecular formula is C66H44N2O. The molecule has 3 heteroatoms. The van der Waals surface area contributed by atoms with Gasteiger partial charge in [-0.2, -0.15) is 0 Å². The largest absolute Gasteiger partial charge is 0.456 e. The van der Waals surface area contributed by atoms with Gasteiger partial charge in [0.25, 0.3) is 0 Å². The fraction of sp³-hybridized carbons (Fsp3) is 0. The Morgan fingerprint density at radius 1 is 0.232 bits per heavy atom. The first-order valence-corrected chi connectivity index (χ1v) is 23.6. The number of rotatable bonds is 9. The summed E-state index contributed by atoms with van der Waals surface area (Å²) in [5, 5.41) is 6.96. The van der Waals surface area contributed by atoms with Crippen molar-refractivity contribution in [2.45, 2.75) is 0 Å². The van der Waals surface area contributed by atoms with Crippen molar-refractivity contribution in [3.63, 3.8) is 0 Å². The van der Waals surface area contributed by atoms with E-state index in [1.165, 1.54) is 21.7 Å². The van der Waals surface area contributed by atoms with Crippen LogP contribution in [0.15, 0.2) is 267 Å². The maximum absolute atomic E-state index is 7.27. The van der Waals surface area contributed by atoms with Crippen molar-refractivity contribution < 1.29 is 4.74 Å². The summed E-state index contributed by atoms with van der Waals surface area (Å²) < 4.78 is 7.27. The zero-order valence-corrected chi connectivity index (χ0v) is 37.7. The molecule has 0 aromatic heterocycles. The molecule has 0 aliphatic carbocycles. The minimum absolute atomic E-state index is 0.817. The van der Waals surface area contributed by atoms with Crippen LogP contribution in [-0.2, 0) is 0 Å². The van der Waals surface area contributed by atoms with Crippen molar-refractivity contribution in [1.29, 1.82) is 0 Å². The molecule has 0 radical (unpaired) electrons. The molecule has 324 valence electrons. The maximum Gasteiger partial charge on any atom is 0.137 e. The van der Waals surface area contributed by atoms with Gasteiger partial charge in [0.15, 0.2) is 0 Å². The van der Waals surface area contributed by atoms with E-state index in [1.54, 1.807) is 0 Å². The lowest BCUT2D eigenvalue weighted by Gasteiger charge is -2.31. The topological polar surface area (TPSA) is 15.7 Å². The highest BCUT2D eigenvalue weighted by molar-refractivity contribution is 6.26. The molecule has 3 nitrogen and oxygen atoms in total. The van der Waals surface area contributed by atoms with Crippen molar-refractivity contribution in [2.24, 2.45) is 0 Å². The quantitative estimate of drug-likeness (QED) is 0.134. The molecule has 12 aromatic carbocycles. The lowest BCUT2D eigenvalue weighted by atomic mass is 9.86. The third-order valence-electron chi connectivity index (χ3n) is 13.6. The van der Waals surface area contributed by atoms with E-state index in [2.05, 4.69) is 277 Å². The second-order valence-electron chi connectivity index (χ2n) is 17.6. The Hall–Kier alpha value is -9.18. The molecule has 0 bridgehead atoms. The standard InChI is InChI=1S/C66H44N2O/c1-6-22-45(23-7-1)48-40-59-58-44-63(68(50-30-14-5-15-31-50)62-37-21-19-33-53(62)47-26-10-3-11-27-47)55-35-17-16-34-54(55)57(58)43-60-56-39-38-51(42-64(56)69-65(41-48)66(59)60)67(49-28-12-4-13-29-49)61-36-20-18-32-52(61)46-24-8-2-9-25-46/h1-44H. The Balaban J connectivity index is 1.07. The number of hydrogen-bond acceptors (Lipinski definition) is 3. The molecule has 69 heavy (non-hydrogen) atoms. The summed E-state index contributed by atoms with van der Waals surface area (Å²) in [7, 11) is 0. The third-order valence-corrected chi connectivity index (χ3v) is 13.6. The van der Waals surface area contributed by atoms with Crippen molar-refractivity contribution in [3.8, 4) is 56.0 Å². The molecule has 0 spiro atoms. The number of ether oxygens (including phenoxy) is 1. The summed E-state index contributed by atoms with van der Waals surface area (Å²) in [5.74, 6) is 1.66. The van der Waals surface area contributed by atoms with E-state index in [0.717, 1.165) is 101 Å². The van der Waals surface area contributed by atoms with E-state index in [1.807, 2.05) is 0 Å². The Bertz CT molecular complexity index is 3860. The molecule has 0 saturated carbocycles. The molecule has 0 atom stereocenters. The number of fused-ring (bicyclic) bond motifs is 6. The monoisotopic (exact) mass is 880 g/mol. The summed E-state index contributed by atoms with van der Waals surface area (Å²) in [5.41, 5.74) is 15.5. The van der Waals surface area contributed by atoms with E-state index in [-0.39, 0.29) is 0 Å². The molecule has 1 aliphatic rings. The molecular weight excluding hydrogens is 837 g/mol. The van der Waals surface area contributed by atoms with Crippen molar-refractivity contribution in [2.75, 3.05) is 9.80 Å². The first-order valence-electron chi connectivity index (χ1n) is 23.6. The van der Waals surface area contributed by atoms with E-state index in [4.69, 9.17) is 4.74 Å². The molecule has 0 saturated heterocycles. The van der Waals surface area contributed by atoms with E-state index < -0.39 is 0 Å². The Morgan fingerprint density at radius 2 is 0.725 bits per heavy atom. The van der Waals surface area contributed by atoms with Crippen LogP contribution in [0, 0.1) is 0 Å². The van der Waals surface area contributed by atoms with Gasteiger partial charge in [-0.3, -0.25) is 0 Å². The number of para-hydroxylation sites is 4. The third kappa shape index (κ3) is 6.99. The van der Waals surface area contributed by atoms with Gasteiger partial charge < -0.3 is 14.5 Å². The summed E-state index contributed by atoms with van der Waals surface area (Å²) in [6.45, 7) is 0. The van der Waals surface area contributed by atoms with Gasteiger partial charge in [0, 0.05) is 50.6 Å². The van der Waals surface area contributed by atoms with Crippen molar-refractivity contribution in [3.05, 3.63) is 267 Å². The Morgan fingerprint density at radius 3 is 1.35 bits per heavy atom. The van der Waals surface area contributed by atoms with Crippen LogP contribution in [-0.4, -0.2) is 0 Å². The number of anilines is 6. The minimum Gasteiger partial charge on any atom is -0.456 e. The van der Waals surface area contributed by atoms with Crippen LogP contribution in [0.25, 0.3) is 76.8 Å². The number of benzene rings is 12. The van der Waals surface area contributed by atoms with Crippen molar-refractivity contribution in [1.82, 2.24) is 0 Å². The highest BCUT2D eigenvalue weighted by atomic mass is 16.5. The lowest BCUT2D eigenvalue weighted by Crippen LogP contribution is -2.12. The van der Waals surface area contributed by atoms with Crippen LogP contribution in [0.1, 0.15) is 0 Å². The normalized spacial score (nSPS) is 11.6. The van der Waals surface area contributed by atoms with E-state index in [9.17, 15) is 0 Å². The van der Waals surface area contributed by atoms with E-state index in [0.29, 0.717) is 0 Å². The van der Waals surface area contributed by atoms with Crippen molar-refractivity contribution >= 4 is 66.4 Å². The Kier molecular flexibility index (Phi) is 9.84. The van der Waals surface area contributed by atoms with Gasteiger partial charge in [-0.1, -0.05) is 188 Å². The molecule has 1 aliphatic heterocycles. The molecule has 0 fully saturated rings. The lowest BCUT2D eigenvalue weighted by molar-refractivity contribution is 0.487. The first kappa shape index (κ1) is 40.1. The SMILES string of the molecule is c1ccc(-c2cc3c4c(cc5c6ccccc6c(N(c6ccccc6)c6ccccc6-c6ccccc6)cc5c4c2)-c2ccc(N(c4ccccc4)c4ccccc4-c4ccccc4)cc2O3)cc1. The first-order chi connectivity index (χ1) is 34.2. The smallest absolute Gasteiger partial charge is 0.137 e. The fourth-order valence-corrected chi connectivity index (χ4v) is 10.5. The predicted octanol–water partition coefficient (Wildman–Crippen LogP) is 18.9. The summed E-state index contributed by atoms with van der Waals surface area (Å²) in [6.07, 6.45) is 0. The van der Waals surface area contributed by atoms with Crippen LogP contribution in [0.2, 0.25) is 0 Å². The molecule has 0 unspecified atom stereocenters. The summed E-state index contributed by atoms with van der Waals surface area (Å²) in [6, 6.07) is 95.9. The van der Waals surface area contributed by atoms with Crippen LogP contribution in [0.4, 0.5) is 34.1 Å². The second kappa shape index (κ2) is 16.9. The van der Waals surface area contributed by atoms with Gasteiger partial charge in [0.05, 0.1) is 17.1 Å². The van der Waals surface area contributed by atoms with Crippen LogP contribution in [0.5, 0.6) is 11.5 Å². The highest BCUT2D eigenvalue weighted by Gasteiger charge is 2.28. The van der Waals surface area contributed by atoms with Gasteiger partial charge in [-0.15, -0.1) is 0 Å². The molecule has 13 rings (SSSR count).